The molecule has 20 heavy (non-hydrogen) atoms. The molecule has 0 aromatic carbocycles. The molecule has 0 amide bonds. The van der Waals surface area contributed by atoms with Gasteiger partial charge >= 0.3 is 0 Å². The molecule has 7 heteroatoms. The van der Waals surface area contributed by atoms with Gasteiger partial charge in [-0.2, -0.15) is 0 Å². The summed E-state index contributed by atoms with van der Waals surface area (Å²) < 4.78 is 8.39. The summed E-state index contributed by atoms with van der Waals surface area (Å²) in [4.78, 5) is 8.52. The van der Waals surface area contributed by atoms with Crippen molar-refractivity contribution in [1.82, 2.24) is 24.7 Å². The van der Waals surface area contributed by atoms with Gasteiger partial charge in [0.05, 0.1) is 0 Å². The van der Waals surface area contributed by atoms with Crippen molar-refractivity contribution in [1.29, 1.82) is 0 Å². The van der Waals surface area contributed by atoms with Gasteiger partial charge in [-0.1, -0.05) is 6.92 Å². The molecule has 0 fully saturated rings. The van der Waals surface area contributed by atoms with Crippen molar-refractivity contribution < 1.29 is 4.42 Å². The monoisotopic (exact) mass is 333 g/mol. The lowest BCUT2D eigenvalue weighted by atomic mass is 10.3. The van der Waals surface area contributed by atoms with Crippen LogP contribution in [-0.4, -0.2) is 24.7 Å². The van der Waals surface area contributed by atoms with Crippen LogP contribution < -0.4 is 0 Å². The summed E-state index contributed by atoms with van der Waals surface area (Å²) in [6.07, 6.45) is 7.87. The standard InChI is InChI=1S/C13H12BrN5O/c1-2-11-17-18-12(20-11)8-19-4-3-16-13(19)9-5-10(14)7-15-6-9/h3-7H,2,8H2,1H3. The largest absolute Gasteiger partial charge is 0.423 e. The molecule has 0 atom stereocenters. The normalized spacial score (nSPS) is 10.9. The highest BCUT2D eigenvalue weighted by Crippen LogP contribution is 2.21. The van der Waals surface area contributed by atoms with Crippen LogP contribution in [0.5, 0.6) is 0 Å². The Balaban J connectivity index is 1.90. The maximum Gasteiger partial charge on any atom is 0.236 e. The predicted octanol–water partition coefficient (Wildman–Crippen LogP) is 2.70. The summed E-state index contributed by atoms with van der Waals surface area (Å²) in [5.74, 6) is 2.03. The van der Waals surface area contributed by atoms with Crippen LogP contribution in [0.25, 0.3) is 11.4 Å². The molecule has 0 aliphatic rings. The van der Waals surface area contributed by atoms with Crippen LogP contribution in [0.15, 0.2) is 39.7 Å². The molecule has 0 aliphatic heterocycles. The summed E-state index contributed by atoms with van der Waals surface area (Å²) >= 11 is 3.41. The second-order valence-corrected chi connectivity index (χ2v) is 5.13. The van der Waals surface area contributed by atoms with Crippen molar-refractivity contribution in [3.63, 3.8) is 0 Å². The van der Waals surface area contributed by atoms with Gasteiger partial charge in [-0.3, -0.25) is 4.98 Å². The van der Waals surface area contributed by atoms with E-state index in [-0.39, 0.29) is 0 Å². The fourth-order valence-electron chi connectivity index (χ4n) is 1.87. The van der Waals surface area contributed by atoms with Gasteiger partial charge in [-0.15, -0.1) is 10.2 Å². The van der Waals surface area contributed by atoms with E-state index in [4.69, 9.17) is 4.42 Å². The van der Waals surface area contributed by atoms with E-state index in [1.807, 2.05) is 23.8 Å². The Kier molecular flexibility index (Phi) is 3.60. The Morgan fingerprint density at radius 3 is 2.85 bits per heavy atom. The topological polar surface area (TPSA) is 69.6 Å². The van der Waals surface area contributed by atoms with Gasteiger partial charge < -0.3 is 8.98 Å². The fourth-order valence-corrected chi connectivity index (χ4v) is 2.24. The molecule has 3 heterocycles. The van der Waals surface area contributed by atoms with Gasteiger partial charge in [-0.25, -0.2) is 4.98 Å². The first-order valence-electron chi connectivity index (χ1n) is 6.19. The summed E-state index contributed by atoms with van der Waals surface area (Å²) in [6.45, 7) is 2.47. The van der Waals surface area contributed by atoms with Crippen molar-refractivity contribution in [2.75, 3.05) is 0 Å². The fraction of sp³-hybridized carbons (Fsp3) is 0.231. The Morgan fingerprint density at radius 2 is 2.10 bits per heavy atom. The van der Waals surface area contributed by atoms with Crippen molar-refractivity contribution in [2.24, 2.45) is 0 Å². The van der Waals surface area contributed by atoms with Gasteiger partial charge in [-0.05, 0) is 22.0 Å². The first-order valence-corrected chi connectivity index (χ1v) is 6.99. The second-order valence-electron chi connectivity index (χ2n) is 4.21. The average molecular weight is 334 g/mol. The third-order valence-corrected chi connectivity index (χ3v) is 3.23. The number of imidazole rings is 1. The molecule has 0 spiro atoms. The molecule has 6 nitrogen and oxygen atoms in total. The molecule has 0 bridgehead atoms. The van der Waals surface area contributed by atoms with Crippen molar-refractivity contribution in [3.8, 4) is 11.4 Å². The Hall–Kier alpha value is -2.02. The van der Waals surface area contributed by atoms with Crippen LogP contribution >= 0.6 is 15.9 Å². The Morgan fingerprint density at radius 1 is 1.25 bits per heavy atom. The molecular formula is C13H12BrN5O. The smallest absolute Gasteiger partial charge is 0.236 e. The Bertz CT molecular complexity index is 721. The molecule has 0 saturated heterocycles. The quantitative estimate of drug-likeness (QED) is 0.734. The maximum atomic E-state index is 5.52. The van der Waals surface area contributed by atoms with Gasteiger partial charge in [0.2, 0.25) is 11.8 Å². The van der Waals surface area contributed by atoms with E-state index in [9.17, 15) is 0 Å². The lowest BCUT2D eigenvalue weighted by Gasteiger charge is -2.05. The molecule has 3 rings (SSSR count). The zero-order valence-electron chi connectivity index (χ0n) is 10.8. The van der Waals surface area contributed by atoms with Crippen LogP contribution in [0.2, 0.25) is 0 Å². The molecule has 102 valence electrons. The third kappa shape index (κ3) is 2.62. The molecule has 0 N–H and O–H groups in total. The number of halogens is 1. The lowest BCUT2D eigenvalue weighted by Crippen LogP contribution is -2.01. The van der Waals surface area contributed by atoms with E-state index in [2.05, 4.69) is 36.1 Å². The van der Waals surface area contributed by atoms with Crippen molar-refractivity contribution >= 4 is 15.9 Å². The van der Waals surface area contributed by atoms with Gasteiger partial charge in [0, 0.05) is 41.2 Å². The van der Waals surface area contributed by atoms with Crippen LogP contribution in [0.3, 0.4) is 0 Å². The highest BCUT2D eigenvalue weighted by molar-refractivity contribution is 9.10. The van der Waals surface area contributed by atoms with E-state index in [0.29, 0.717) is 18.3 Å². The van der Waals surface area contributed by atoms with Crippen LogP contribution in [0, 0.1) is 0 Å². The molecule has 0 radical (unpaired) electrons. The van der Waals surface area contributed by atoms with Crippen LogP contribution in [-0.2, 0) is 13.0 Å². The first kappa shape index (κ1) is 13.0. The second kappa shape index (κ2) is 5.54. The number of nitrogens with zero attached hydrogens (tertiary/aromatic N) is 5. The van der Waals surface area contributed by atoms with Crippen molar-refractivity contribution in [3.05, 3.63) is 47.1 Å². The SMILES string of the molecule is CCc1nnc(Cn2ccnc2-c2cncc(Br)c2)o1. The molecule has 0 saturated carbocycles. The minimum Gasteiger partial charge on any atom is -0.423 e. The van der Waals surface area contributed by atoms with E-state index < -0.39 is 0 Å². The number of hydrogen-bond donors (Lipinski definition) is 0. The third-order valence-electron chi connectivity index (χ3n) is 2.80. The Labute approximate surface area is 124 Å². The van der Waals surface area contributed by atoms with Crippen molar-refractivity contribution in [2.45, 2.75) is 19.9 Å². The predicted molar refractivity (Wildman–Crippen MR) is 75.9 cm³/mol. The van der Waals surface area contributed by atoms with Gasteiger partial charge in [0.1, 0.15) is 12.4 Å². The lowest BCUT2D eigenvalue weighted by molar-refractivity contribution is 0.443. The van der Waals surface area contributed by atoms with E-state index in [1.54, 1.807) is 18.6 Å². The maximum absolute atomic E-state index is 5.52. The van der Waals surface area contributed by atoms with E-state index in [0.717, 1.165) is 22.3 Å². The number of aryl methyl sites for hydroxylation is 1. The minimum absolute atomic E-state index is 0.495. The van der Waals surface area contributed by atoms with Gasteiger partial charge in [0.15, 0.2) is 0 Å². The number of aromatic nitrogens is 5. The summed E-state index contributed by atoms with van der Waals surface area (Å²) in [6, 6.07) is 1.97. The summed E-state index contributed by atoms with van der Waals surface area (Å²) in [7, 11) is 0. The molecule has 0 unspecified atom stereocenters. The highest BCUT2D eigenvalue weighted by atomic mass is 79.9. The summed E-state index contributed by atoms with van der Waals surface area (Å²) in [5.41, 5.74) is 0.930. The zero-order chi connectivity index (χ0) is 13.9. The minimum atomic E-state index is 0.495. The van der Waals surface area contributed by atoms with E-state index in [1.165, 1.54) is 0 Å². The molecular weight excluding hydrogens is 322 g/mol. The average Bonchev–Trinajstić information content (AvgIpc) is 3.08. The molecule has 3 aromatic rings. The first-order chi connectivity index (χ1) is 9.76. The number of rotatable bonds is 4. The summed E-state index contributed by atoms with van der Waals surface area (Å²) in [5, 5.41) is 7.99. The van der Waals surface area contributed by atoms with E-state index >= 15 is 0 Å². The highest BCUT2D eigenvalue weighted by Gasteiger charge is 2.10. The number of hydrogen-bond acceptors (Lipinski definition) is 5. The number of pyridine rings is 1. The molecule has 0 aliphatic carbocycles. The van der Waals surface area contributed by atoms with Gasteiger partial charge in [0.25, 0.3) is 0 Å². The van der Waals surface area contributed by atoms with Crippen LogP contribution in [0.4, 0.5) is 0 Å². The zero-order valence-corrected chi connectivity index (χ0v) is 12.4. The molecule has 3 aromatic heterocycles. The van der Waals surface area contributed by atoms with Crippen LogP contribution in [0.1, 0.15) is 18.7 Å².